The number of nitrogens with one attached hydrogen (secondary N) is 1. The molecule has 2 saturated heterocycles. The van der Waals surface area contributed by atoms with Crippen LogP contribution in [-0.4, -0.2) is 64.5 Å². The van der Waals surface area contributed by atoms with Crippen LogP contribution < -0.4 is 11.1 Å². The number of benzene rings is 1. The lowest BCUT2D eigenvalue weighted by Gasteiger charge is -2.29. The lowest BCUT2D eigenvalue weighted by Crippen LogP contribution is -2.40. The lowest BCUT2D eigenvalue weighted by atomic mass is 10.0. The van der Waals surface area contributed by atoms with Gasteiger partial charge in [-0.05, 0) is 30.3 Å². The standard InChI is InChI=1S/C22H23FN4O4/c1-27-9-8-22(30,21(27)29)7-6-13-2-3-16(23)15(10-13)17-4-5-18(19(26-17)20(24)28)25-14-11-31-12-14/h2-5,10,14,20,25,28,30H,8-9,11-12,24H2,1H3. The molecule has 2 fully saturated rings. The largest absolute Gasteiger partial charge is 0.377 e. The number of aromatic nitrogens is 1. The fourth-order valence-corrected chi connectivity index (χ4v) is 3.46. The number of anilines is 1. The van der Waals surface area contributed by atoms with Crippen molar-refractivity contribution >= 4 is 11.6 Å². The molecule has 1 amide bonds. The molecule has 162 valence electrons. The van der Waals surface area contributed by atoms with Crippen LogP contribution in [0.5, 0.6) is 0 Å². The van der Waals surface area contributed by atoms with Crippen molar-refractivity contribution < 1.29 is 24.1 Å². The minimum atomic E-state index is -1.74. The van der Waals surface area contributed by atoms with Gasteiger partial charge < -0.3 is 30.9 Å². The molecule has 2 aliphatic rings. The van der Waals surface area contributed by atoms with Gasteiger partial charge in [-0.2, -0.15) is 0 Å². The van der Waals surface area contributed by atoms with Gasteiger partial charge in [0, 0.05) is 31.1 Å². The first-order valence-corrected chi connectivity index (χ1v) is 9.87. The van der Waals surface area contributed by atoms with Crippen molar-refractivity contribution in [3.8, 4) is 23.1 Å². The third kappa shape index (κ3) is 4.24. The van der Waals surface area contributed by atoms with Crippen molar-refractivity contribution in [2.24, 2.45) is 5.73 Å². The van der Waals surface area contributed by atoms with Crippen molar-refractivity contribution in [2.75, 3.05) is 32.1 Å². The second-order valence-corrected chi connectivity index (χ2v) is 7.73. The molecule has 2 atom stereocenters. The Hall–Kier alpha value is -3.03. The molecule has 0 bridgehead atoms. The maximum Gasteiger partial charge on any atom is 0.267 e. The fraction of sp³-hybridized carbons (Fsp3) is 0.364. The van der Waals surface area contributed by atoms with E-state index in [0.717, 1.165) is 0 Å². The zero-order valence-electron chi connectivity index (χ0n) is 16.9. The molecular formula is C22H23FN4O4. The number of hydrogen-bond donors (Lipinski definition) is 4. The van der Waals surface area contributed by atoms with Gasteiger partial charge in [0.2, 0.25) is 5.60 Å². The van der Waals surface area contributed by atoms with E-state index in [9.17, 15) is 19.4 Å². The number of pyridine rings is 1. The van der Waals surface area contributed by atoms with E-state index in [4.69, 9.17) is 10.5 Å². The van der Waals surface area contributed by atoms with E-state index in [-0.39, 0.29) is 29.4 Å². The summed E-state index contributed by atoms with van der Waals surface area (Å²) in [6.07, 6.45) is -1.14. The van der Waals surface area contributed by atoms with Gasteiger partial charge in [-0.25, -0.2) is 9.37 Å². The van der Waals surface area contributed by atoms with E-state index in [1.54, 1.807) is 19.2 Å². The van der Waals surface area contributed by atoms with Crippen LogP contribution in [0, 0.1) is 17.7 Å². The number of nitrogens with zero attached hydrogens (tertiary/aromatic N) is 2. The Balaban J connectivity index is 1.65. The predicted octanol–water partition coefficient (Wildman–Crippen LogP) is 0.593. The monoisotopic (exact) mass is 426 g/mol. The van der Waals surface area contributed by atoms with Crippen molar-refractivity contribution in [2.45, 2.75) is 24.3 Å². The SMILES string of the molecule is CN1CCC(O)(C#Cc2ccc(F)c(-c3ccc(NC4COC4)c(C(N)O)n3)c2)C1=O. The van der Waals surface area contributed by atoms with Crippen LogP contribution in [0.2, 0.25) is 0 Å². The Morgan fingerprint density at radius 1 is 1.39 bits per heavy atom. The van der Waals surface area contributed by atoms with E-state index in [2.05, 4.69) is 22.1 Å². The molecule has 0 spiro atoms. The van der Waals surface area contributed by atoms with Crippen molar-refractivity contribution in [3.63, 3.8) is 0 Å². The summed E-state index contributed by atoms with van der Waals surface area (Å²) in [7, 11) is 1.60. The summed E-state index contributed by atoms with van der Waals surface area (Å²) >= 11 is 0. The van der Waals surface area contributed by atoms with Crippen LogP contribution in [-0.2, 0) is 9.53 Å². The van der Waals surface area contributed by atoms with Crippen LogP contribution in [0.25, 0.3) is 11.3 Å². The van der Waals surface area contributed by atoms with Crippen LogP contribution >= 0.6 is 0 Å². The number of likely N-dealkylation sites (tertiary alicyclic amines) is 1. The summed E-state index contributed by atoms with van der Waals surface area (Å²) in [6.45, 7) is 1.50. The Kier molecular flexibility index (Phi) is 5.64. The average Bonchev–Trinajstić information content (AvgIpc) is 2.98. The van der Waals surface area contributed by atoms with E-state index < -0.39 is 23.6 Å². The highest BCUT2D eigenvalue weighted by Gasteiger charge is 2.42. The predicted molar refractivity (Wildman–Crippen MR) is 111 cm³/mol. The molecule has 5 N–H and O–H groups in total. The maximum atomic E-state index is 14.6. The molecule has 4 rings (SSSR count). The van der Waals surface area contributed by atoms with E-state index >= 15 is 0 Å². The lowest BCUT2D eigenvalue weighted by molar-refractivity contribution is -0.137. The highest BCUT2D eigenvalue weighted by Crippen LogP contribution is 2.28. The van der Waals surface area contributed by atoms with Crippen LogP contribution in [0.15, 0.2) is 30.3 Å². The summed E-state index contributed by atoms with van der Waals surface area (Å²) in [4.78, 5) is 17.8. The minimum absolute atomic E-state index is 0.101. The smallest absolute Gasteiger partial charge is 0.267 e. The summed E-state index contributed by atoms with van der Waals surface area (Å²) < 4.78 is 19.7. The molecule has 3 heterocycles. The van der Waals surface area contributed by atoms with Gasteiger partial charge in [-0.15, -0.1) is 0 Å². The molecule has 2 aromatic rings. The molecule has 2 aliphatic heterocycles. The third-order valence-corrected chi connectivity index (χ3v) is 5.37. The Bertz CT molecular complexity index is 1080. The molecule has 0 radical (unpaired) electrons. The number of nitrogens with two attached hydrogens (primary N) is 1. The van der Waals surface area contributed by atoms with E-state index in [0.29, 0.717) is 31.0 Å². The highest BCUT2D eigenvalue weighted by molar-refractivity contribution is 5.90. The number of hydrogen-bond acceptors (Lipinski definition) is 7. The third-order valence-electron chi connectivity index (χ3n) is 5.37. The van der Waals surface area contributed by atoms with Gasteiger partial charge in [0.1, 0.15) is 17.7 Å². The molecule has 9 heteroatoms. The van der Waals surface area contributed by atoms with Crippen molar-refractivity contribution in [3.05, 3.63) is 47.4 Å². The Morgan fingerprint density at radius 3 is 2.77 bits per heavy atom. The number of amides is 1. The molecule has 1 aromatic carbocycles. The van der Waals surface area contributed by atoms with Gasteiger partial charge in [-0.1, -0.05) is 11.8 Å². The number of carbonyl (C=O) groups is 1. The zero-order valence-corrected chi connectivity index (χ0v) is 16.9. The second-order valence-electron chi connectivity index (χ2n) is 7.73. The number of carbonyl (C=O) groups excluding carboxylic acids is 1. The normalized spacial score (nSPS) is 22.0. The van der Waals surface area contributed by atoms with Crippen molar-refractivity contribution in [1.29, 1.82) is 0 Å². The van der Waals surface area contributed by atoms with Crippen LogP contribution in [0.3, 0.4) is 0 Å². The van der Waals surface area contributed by atoms with Crippen LogP contribution in [0.4, 0.5) is 10.1 Å². The Labute approximate surface area is 178 Å². The van der Waals surface area contributed by atoms with Crippen molar-refractivity contribution in [1.82, 2.24) is 9.88 Å². The average molecular weight is 426 g/mol. The summed E-state index contributed by atoms with van der Waals surface area (Å²) in [5.74, 6) is 4.40. The van der Waals surface area contributed by atoms with E-state index in [1.807, 2.05) is 0 Å². The number of aliphatic hydroxyl groups is 2. The molecule has 1 aromatic heterocycles. The van der Waals surface area contributed by atoms with Gasteiger partial charge in [0.25, 0.3) is 5.91 Å². The highest BCUT2D eigenvalue weighted by atomic mass is 19.1. The number of rotatable bonds is 4. The molecule has 0 aliphatic carbocycles. The van der Waals surface area contributed by atoms with Gasteiger partial charge in [-0.3, -0.25) is 4.79 Å². The Morgan fingerprint density at radius 2 is 2.16 bits per heavy atom. The minimum Gasteiger partial charge on any atom is -0.377 e. The van der Waals surface area contributed by atoms with Gasteiger partial charge in [0.05, 0.1) is 30.6 Å². The number of aliphatic hydroxyl groups excluding tert-OH is 1. The zero-order chi connectivity index (χ0) is 22.2. The topological polar surface area (TPSA) is 121 Å². The fourth-order valence-electron chi connectivity index (χ4n) is 3.46. The number of halogens is 1. The first-order chi connectivity index (χ1) is 14.8. The summed E-state index contributed by atoms with van der Waals surface area (Å²) in [6, 6.07) is 7.58. The molecule has 8 nitrogen and oxygen atoms in total. The molecule has 0 saturated carbocycles. The maximum absolute atomic E-state index is 14.6. The van der Waals surface area contributed by atoms with Gasteiger partial charge in [0.15, 0.2) is 0 Å². The quantitative estimate of drug-likeness (QED) is 0.417. The molecule has 2 unspecified atom stereocenters. The van der Waals surface area contributed by atoms with Gasteiger partial charge >= 0.3 is 0 Å². The molecule has 31 heavy (non-hydrogen) atoms. The van der Waals surface area contributed by atoms with E-state index in [1.165, 1.54) is 23.1 Å². The summed E-state index contributed by atoms with van der Waals surface area (Å²) in [5, 5.41) is 23.6. The number of likely N-dealkylation sites (N-methyl/N-ethyl adjacent to an activating group) is 1. The second kappa shape index (κ2) is 8.24. The number of ether oxygens (including phenoxy) is 1. The van der Waals surface area contributed by atoms with Crippen LogP contribution in [0.1, 0.15) is 23.9 Å². The summed E-state index contributed by atoms with van der Waals surface area (Å²) in [5.41, 5.74) is 5.51. The molecular weight excluding hydrogens is 403 g/mol. The first kappa shape index (κ1) is 21.2. The first-order valence-electron chi connectivity index (χ1n) is 9.87.